The van der Waals surface area contributed by atoms with Crippen molar-refractivity contribution in [3.63, 3.8) is 0 Å². The molecule has 1 aromatic rings. The van der Waals surface area contributed by atoms with E-state index in [4.69, 9.17) is 4.74 Å². The highest BCUT2D eigenvalue weighted by Crippen LogP contribution is 2.20. The Morgan fingerprint density at radius 2 is 2.05 bits per heavy atom. The van der Waals surface area contributed by atoms with E-state index < -0.39 is 10.0 Å². The first kappa shape index (κ1) is 16.0. The molecule has 1 aliphatic heterocycles. The van der Waals surface area contributed by atoms with Crippen LogP contribution < -0.4 is 4.72 Å². The van der Waals surface area contributed by atoms with Crippen molar-refractivity contribution in [2.75, 3.05) is 37.3 Å². The van der Waals surface area contributed by atoms with Gasteiger partial charge in [0.25, 0.3) is 0 Å². The zero-order valence-corrected chi connectivity index (χ0v) is 13.3. The van der Waals surface area contributed by atoms with Gasteiger partial charge in [-0.25, -0.2) is 8.42 Å². The van der Waals surface area contributed by atoms with E-state index in [1.165, 1.54) is 0 Å². The summed E-state index contributed by atoms with van der Waals surface area (Å²) in [6.07, 6.45) is 5.19. The third-order valence-electron chi connectivity index (χ3n) is 3.29. The first-order valence-electron chi connectivity index (χ1n) is 7.01. The number of allylic oxidation sites excluding steroid dienone is 1. The lowest BCUT2D eigenvalue weighted by molar-refractivity contribution is 0.0342. The van der Waals surface area contributed by atoms with Gasteiger partial charge in [0, 0.05) is 25.3 Å². The molecular formula is C15H22N2O3S. The zero-order chi connectivity index (χ0) is 15.3. The Hall–Kier alpha value is -1.37. The van der Waals surface area contributed by atoms with Gasteiger partial charge in [-0.1, -0.05) is 18.2 Å². The van der Waals surface area contributed by atoms with Crippen molar-refractivity contribution >= 4 is 21.8 Å². The quantitative estimate of drug-likeness (QED) is 0.903. The van der Waals surface area contributed by atoms with Crippen molar-refractivity contribution in [2.45, 2.75) is 13.5 Å². The molecule has 1 saturated heterocycles. The van der Waals surface area contributed by atoms with Crippen molar-refractivity contribution in [2.24, 2.45) is 0 Å². The van der Waals surface area contributed by atoms with Crippen LogP contribution in [0.3, 0.4) is 0 Å². The molecule has 0 bridgehead atoms. The number of hydrogen-bond acceptors (Lipinski definition) is 4. The monoisotopic (exact) mass is 310 g/mol. The van der Waals surface area contributed by atoms with E-state index in [9.17, 15) is 8.42 Å². The fourth-order valence-corrected chi connectivity index (χ4v) is 2.92. The van der Waals surface area contributed by atoms with Crippen LogP contribution in [0.5, 0.6) is 0 Å². The van der Waals surface area contributed by atoms with Crippen molar-refractivity contribution in [1.29, 1.82) is 0 Å². The van der Waals surface area contributed by atoms with Crippen molar-refractivity contribution in [3.05, 3.63) is 35.4 Å². The highest BCUT2D eigenvalue weighted by molar-refractivity contribution is 7.92. The first-order valence-corrected chi connectivity index (χ1v) is 8.90. The van der Waals surface area contributed by atoms with Crippen LogP contribution in [-0.4, -0.2) is 45.9 Å². The highest BCUT2D eigenvalue weighted by atomic mass is 32.2. The SMILES string of the molecule is CC=Cc1ccc(NS(C)(=O)=O)cc1CN1CCOCC1. The van der Waals surface area contributed by atoms with Crippen LogP contribution in [0, 0.1) is 0 Å². The average Bonchev–Trinajstić information content (AvgIpc) is 2.41. The second-order valence-corrected chi connectivity index (χ2v) is 6.92. The van der Waals surface area contributed by atoms with Crippen LogP contribution in [0.1, 0.15) is 18.1 Å². The Balaban J connectivity index is 2.23. The van der Waals surface area contributed by atoms with Gasteiger partial charge < -0.3 is 4.74 Å². The lowest BCUT2D eigenvalue weighted by atomic mass is 10.1. The van der Waals surface area contributed by atoms with Crippen molar-refractivity contribution in [3.8, 4) is 0 Å². The number of ether oxygens (including phenoxy) is 1. The number of hydrogen-bond donors (Lipinski definition) is 1. The van der Waals surface area contributed by atoms with Crippen LogP contribution in [0.25, 0.3) is 6.08 Å². The molecule has 1 aliphatic rings. The zero-order valence-electron chi connectivity index (χ0n) is 12.5. The highest BCUT2D eigenvalue weighted by Gasteiger charge is 2.13. The molecule has 0 atom stereocenters. The van der Waals surface area contributed by atoms with Gasteiger partial charge in [-0.2, -0.15) is 0 Å². The molecule has 0 aromatic heterocycles. The van der Waals surface area contributed by atoms with Crippen LogP contribution in [0.4, 0.5) is 5.69 Å². The number of anilines is 1. The summed E-state index contributed by atoms with van der Waals surface area (Å²) in [5.41, 5.74) is 2.83. The molecule has 1 aromatic carbocycles. The fraction of sp³-hybridized carbons (Fsp3) is 0.467. The third-order valence-corrected chi connectivity index (χ3v) is 3.90. The molecule has 116 valence electrons. The summed E-state index contributed by atoms with van der Waals surface area (Å²) in [6.45, 7) is 6.07. The topological polar surface area (TPSA) is 58.6 Å². The molecule has 0 amide bonds. The molecule has 5 nitrogen and oxygen atoms in total. The number of nitrogens with zero attached hydrogens (tertiary/aromatic N) is 1. The minimum Gasteiger partial charge on any atom is -0.379 e. The van der Waals surface area contributed by atoms with Crippen molar-refractivity contribution < 1.29 is 13.2 Å². The Bertz CT molecular complexity index is 605. The van der Waals surface area contributed by atoms with E-state index in [0.29, 0.717) is 5.69 Å². The molecule has 0 aliphatic carbocycles. The van der Waals surface area contributed by atoms with E-state index in [2.05, 4.69) is 9.62 Å². The number of sulfonamides is 1. The van der Waals surface area contributed by atoms with Gasteiger partial charge in [0.05, 0.1) is 19.5 Å². The van der Waals surface area contributed by atoms with E-state index in [-0.39, 0.29) is 0 Å². The Morgan fingerprint density at radius 3 is 2.67 bits per heavy atom. The number of morpholine rings is 1. The minimum atomic E-state index is -3.25. The van der Waals surface area contributed by atoms with Crippen LogP contribution in [0.15, 0.2) is 24.3 Å². The molecule has 0 spiro atoms. The maximum Gasteiger partial charge on any atom is 0.229 e. The Kier molecular flexibility index (Phi) is 5.39. The summed E-state index contributed by atoms with van der Waals surface area (Å²) in [7, 11) is -3.25. The lowest BCUT2D eigenvalue weighted by Gasteiger charge is -2.27. The van der Waals surface area contributed by atoms with Gasteiger partial charge in [0.2, 0.25) is 10.0 Å². The van der Waals surface area contributed by atoms with Gasteiger partial charge >= 0.3 is 0 Å². The van der Waals surface area contributed by atoms with E-state index in [1.54, 1.807) is 6.07 Å². The summed E-state index contributed by atoms with van der Waals surface area (Å²) >= 11 is 0. The second kappa shape index (κ2) is 7.06. The lowest BCUT2D eigenvalue weighted by Crippen LogP contribution is -2.35. The van der Waals surface area contributed by atoms with E-state index >= 15 is 0 Å². The van der Waals surface area contributed by atoms with Crippen LogP contribution in [0.2, 0.25) is 0 Å². The molecule has 0 unspecified atom stereocenters. The molecule has 1 fully saturated rings. The molecule has 0 radical (unpaired) electrons. The number of benzene rings is 1. The number of rotatable bonds is 5. The van der Waals surface area contributed by atoms with Gasteiger partial charge in [0.1, 0.15) is 0 Å². The molecule has 2 rings (SSSR count). The van der Waals surface area contributed by atoms with E-state index in [0.717, 1.165) is 50.2 Å². The molecule has 1 N–H and O–H groups in total. The van der Waals surface area contributed by atoms with Crippen molar-refractivity contribution in [1.82, 2.24) is 4.90 Å². The maximum atomic E-state index is 11.4. The van der Waals surface area contributed by atoms with Gasteiger partial charge in [-0.3, -0.25) is 9.62 Å². The molecule has 1 heterocycles. The molecule has 6 heteroatoms. The molecule has 0 saturated carbocycles. The maximum absolute atomic E-state index is 11.4. The summed E-state index contributed by atoms with van der Waals surface area (Å²) in [6, 6.07) is 5.65. The number of nitrogens with one attached hydrogen (secondary N) is 1. The summed E-state index contributed by atoms with van der Waals surface area (Å²) < 4.78 is 30.6. The predicted molar refractivity (Wildman–Crippen MR) is 85.7 cm³/mol. The summed E-state index contributed by atoms with van der Waals surface area (Å²) in [5.74, 6) is 0. The van der Waals surface area contributed by atoms with E-state index in [1.807, 2.05) is 31.2 Å². The third kappa shape index (κ3) is 5.15. The predicted octanol–water partition coefficient (Wildman–Crippen LogP) is 1.92. The average molecular weight is 310 g/mol. The summed E-state index contributed by atoms with van der Waals surface area (Å²) in [5, 5.41) is 0. The Morgan fingerprint density at radius 1 is 1.33 bits per heavy atom. The summed E-state index contributed by atoms with van der Waals surface area (Å²) in [4.78, 5) is 2.32. The van der Waals surface area contributed by atoms with Gasteiger partial charge in [-0.05, 0) is 30.2 Å². The largest absolute Gasteiger partial charge is 0.379 e. The minimum absolute atomic E-state index is 0.606. The first-order chi connectivity index (χ1) is 9.98. The fourth-order valence-electron chi connectivity index (χ4n) is 2.36. The van der Waals surface area contributed by atoms with Crippen LogP contribution >= 0.6 is 0 Å². The second-order valence-electron chi connectivity index (χ2n) is 5.18. The smallest absolute Gasteiger partial charge is 0.229 e. The standard InChI is InChI=1S/C15H22N2O3S/c1-3-4-13-5-6-15(16-21(2,18)19)11-14(13)12-17-7-9-20-10-8-17/h3-6,11,16H,7-10,12H2,1-2H3. The van der Waals surface area contributed by atoms with Gasteiger partial charge in [0.15, 0.2) is 0 Å². The normalized spacial score (nSPS) is 17.2. The van der Waals surface area contributed by atoms with Crippen LogP contribution in [-0.2, 0) is 21.3 Å². The van der Waals surface area contributed by atoms with Gasteiger partial charge in [-0.15, -0.1) is 0 Å². The molecular weight excluding hydrogens is 288 g/mol. The molecule has 21 heavy (non-hydrogen) atoms. The Labute approximate surface area is 126 Å².